The first-order chi connectivity index (χ1) is 15.0. The van der Waals surface area contributed by atoms with Crippen molar-refractivity contribution in [1.82, 2.24) is 5.32 Å². The van der Waals surface area contributed by atoms with Gasteiger partial charge in [-0.05, 0) is 51.0 Å². The maximum absolute atomic E-state index is 12.7. The molecule has 0 radical (unpaired) electrons. The van der Waals surface area contributed by atoms with Crippen molar-refractivity contribution >= 4 is 17.7 Å². The van der Waals surface area contributed by atoms with E-state index in [1.807, 2.05) is 51.1 Å². The van der Waals surface area contributed by atoms with E-state index in [-0.39, 0.29) is 18.9 Å². The molecule has 1 amide bonds. The summed E-state index contributed by atoms with van der Waals surface area (Å²) in [5.74, 6) is -0.711. The van der Waals surface area contributed by atoms with E-state index in [0.717, 1.165) is 5.56 Å². The number of nitrogens with one attached hydrogen (secondary N) is 1. The molecule has 0 aromatic heterocycles. The highest BCUT2D eigenvalue weighted by Crippen LogP contribution is 2.16. The van der Waals surface area contributed by atoms with Crippen molar-refractivity contribution in [1.29, 1.82) is 0 Å². The van der Waals surface area contributed by atoms with E-state index in [0.29, 0.717) is 5.56 Å². The van der Waals surface area contributed by atoms with Crippen molar-refractivity contribution < 1.29 is 28.7 Å². The minimum atomic E-state index is -1.12. The number of carbonyl (C=O) groups excluding carboxylic acids is 2. The van der Waals surface area contributed by atoms with Gasteiger partial charge in [-0.2, -0.15) is 0 Å². The Morgan fingerprint density at radius 1 is 0.969 bits per heavy atom. The van der Waals surface area contributed by atoms with Gasteiger partial charge in [0.1, 0.15) is 13.2 Å². The summed E-state index contributed by atoms with van der Waals surface area (Å²) in [6, 6.07) is 13.7. The molecule has 0 aliphatic carbocycles. The van der Waals surface area contributed by atoms with Crippen LogP contribution in [-0.4, -0.2) is 34.7 Å². The SMILES string of the molecule is CC(OC(C)(C)C)C(NC(=O)OCc1ccccc1)C(=O)OCc1ccc([N+](=O)[O-])cc1. The van der Waals surface area contributed by atoms with Crippen molar-refractivity contribution in [3.05, 3.63) is 75.8 Å². The molecule has 2 unspecified atom stereocenters. The predicted octanol–water partition coefficient (Wildman–Crippen LogP) is 4.14. The molecule has 0 heterocycles. The quantitative estimate of drug-likeness (QED) is 0.351. The van der Waals surface area contributed by atoms with E-state index in [1.54, 1.807) is 6.92 Å². The number of nitrogens with zero attached hydrogens (tertiary/aromatic N) is 1. The second kappa shape index (κ2) is 11.2. The summed E-state index contributed by atoms with van der Waals surface area (Å²) < 4.78 is 16.4. The summed E-state index contributed by atoms with van der Waals surface area (Å²) in [7, 11) is 0. The molecule has 2 aromatic carbocycles. The molecular formula is C23H28N2O7. The smallest absolute Gasteiger partial charge is 0.408 e. The Kier molecular flexibility index (Phi) is 8.71. The van der Waals surface area contributed by atoms with Crippen LogP contribution in [0.25, 0.3) is 0 Å². The summed E-state index contributed by atoms with van der Waals surface area (Å²) in [6.07, 6.45) is -1.49. The van der Waals surface area contributed by atoms with Crippen LogP contribution in [0.3, 0.4) is 0 Å². The van der Waals surface area contributed by atoms with E-state index >= 15 is 0 Å². The Morgan fingerprint density at radius 2 is 1.53 bits per heavy atom. The highest BCUT2D eigenvalue weighted by Gasteiger charge is 2.32. The summed E-state index contributed by atoms with van der Waals surface area (Å²) in [5, 5.41) is 13.3. The topological polar surface area (TPSA) is 117 Å². The van der Waals surface area contributed by atoms with Crippen LogP contribution in [0.4, 0.5) is 10.5 Å². The van der Waals surface area contributed by atoms with Gasteiger partial charge in [0.05, 0.1) is 16.6 Å². The third kappa shape index (κ3) is 8.35. The lowest BCUT2D eigenvalue weighted by molar-refractivity contribution is -0.384. The first-order valence-electron chi connectivity index (χ1n) is 10.1. The number of nitro benzene ring substituents is 1. The normalized spacial score (nSPS) is 13.0. The summed E-state index contributed by atoms with van der Waals surface area (Å²) in [4.78, 5) is 35.3. The second-order valence-electron chi connectivity index (χ2n) is 8.15. The fourth-order valence-electron chi connectivity index (χ4n) is 2.84. The lowest BCUT2D eigenvalue weighted by Crippen LogP contribution is -2.51. The van der Waals surface area contributed by atoms with Gasteiger partial charge in [-0.25, -0.2) is 9.59 Å². The van der Waals surface area contributed by atoms with Crippen LogP contribution in [0.1, 0.15) is 38.8 Å². The van der Waals surface area contributed by atoms with Crippen LogP contribution in [0.5, 0.6) is 0 Å². The van der Waals surface area contributed by atoms with Crippen LogP contribution in [0.15, 0.2) is 54.6 Å². The zero-order valence-electron chi connectivity index (χ0n) is 18.6. The van der Waals surface area contributed by atoms with Crippen molar-refractivity contribution in [3.63, 3.8) is 0 Å². The number of rotatable bonds is 9. The Balaban J connectivity index is 2.01. The molecule has 2 rings (SSSR count). The van der Waals surface area contributed by atoms with Crippen LogP contribution >= 0.6 is 0 Å². The van der Waals surface area contributed by atoms with E-state index in [9.17, 15) is 19.7 Å². The average Bonchev–Trinajstić information content (AvgIpc) is 2.74. The molecule has 9 nitrogen and oxygen atoms in total. The third-order valence-electron chi connectivity index (χ3n) is 4.28. The molecule has 32 heavy (non-hydrogen) atoms. The van der Waals surface area contributed by atoms with Gasteiger partial charge in [0.15, 0.2) is 6.04 Å². The lowest BCUT2D eigenvalue weighted by Gasteiger charge is -2.30. The van der Waals surface area contributed by atoms with E-state index < -0.39 is 34.7 Å². The fourth-order valence-corrected chi connectivity index (χ4v) is 2.84. The van der Waals surface area contributed by atoms with Crippen molar-refractivity contribution in [3.8, 4) is 0 Å². The monoisotopic (exact) mass is 444 g/mol. The third-order valence-corrected chi connectivity index (χ3v) is 4.28. The number of amides is 1. The minimum Gasteiger partial charge on any atom is -0.459 e. The summed E-state index contributed by atoms with van der Waals surface area (Å²) in [5.41, 5.74) is 0.747. The van der Waals surface area contributed by atoms with Gasteiger partial charge in [-0.15, -0.1) is 0 Å². The number of esters is 1. The van der Waals surface area contributed by atoms with Gasteiger partial charge in [-0.1, -0.05) is 30.3 Å². The maximum Gasteiger partial charge on any atom is 0.408 e. The van der Waals surface area contributed by atoms with Gasteiger partial charge < -0.3 is 19.5 Å². The number of carbonyl (C=O) groups is 2. The molecule has 9 heteroatoms. The molecule has 0 aliphatic rings. The zero-order valence-corrected chi connectivity index (χ0v) is 18.6. The van der Waals surface area contributed by atoms with Gasteiger partial charge >= 0.3 is 12.1 Å². The number of hydrogen-bond donors (Lipinski definition) is 1. The largest absolute Gasteiger partial charge is 0.459 e. The zero-order chi connectivity index (χ0) is 23.7. The van der Waals surface area contributed by atoms with Crippen molar-refractivity contribution in [2.75, 3.05) is 0 Å². The van der Waals surface area contributed by atoms with Crippen LogP contribution < -0.4 is 5.32 Å². The van der Waals surface area contributed by atoms with Crippen molar-refractivity contribution in [2.24, 2.45) is 0 Å². The molecule has 0 saturated carbocycles. The van der Waals surface area contributed by atoms with Gasteiger partial charge in [0.25, 0.3) is 5.69 Å². The lowest BCUT2D eigenvalue weighted by atomic mass is 10.1. The molecule has 2 aromatic rings. The fraction of sp³-hybridized carbons (Fsp3) is 0.391. The second-order valence-corrected chi connectivity index (χ2v) is 8.15. The maximum atomic E-state index is 12.7. The highest BCUT2D eigenvalue weighted by atomic mass is 16.6. The minimum absolute atomic E-state index is 0.0474. The molecular weight excluding hydrogens is 416 g/mol. The predicted molar refractivity (Wildman–Crippen MR) is 117 cm³/mol. The average molecular weight is 444 g/mol. The Morgan fingerprint density at radius 3 is 2.09 bits per heavy atom. The van der Waals surface area contributed by atoms with Crippen molar-refractivity contribution in [2.45, 2.75) is 58.7 Å². The Labute approximate surface area is 186 Å². The van der Waals surface area contributed by atoms with Crippen LogP contribution in [-0.2, 0) is 32.2 Å². The van der Waals surface area contributed by atoms with Crippen LogP contribution in [0, 0.1) is 10.1 Å². The molecule has 172 valence electrons. The molecule has 2 atom stereocenters. The van der Waals surface area contributed by atoms with Crippen LogP contribution in [0.2, 0.25) is 0 Å². The summed E-state index contributed by atoms with van der Waals surface area (Å²) in [6.45, 7) is 7.08. The molecule has 1 N–H and O–H groups in total. The van der Waals surface area contributed by atoms with Gasteiger partial charge in [0, 0.05) is 12.1 Å². The molecule has 0 saturated heterocycles. The van der Waals surface area contributed by atoms with Gasteiger partial charge in [-0.3, -0.25) is 10.1 Å². The number of ether oxygens (including phenoxy) is 3. The first kappa shape index (κ1) is 24.8. The van der Waals surface area contributed by atoms with E-state index in [1.165, 1.54) is 24.3 Å². The standard InChI is InChI=1S/C23H28N2O7/c1-16(32-23(2,3)4)20(24-22(27)31-15-17-8-6-5-7-9-17)21(26)30-14-18-10-12-19(13-11-18)25(28)29/h5-13,16,20H,14-15H2,1-4H3,(H,24,27). The number of nitro groups is 1. The first-order valence-corrected chi connectivity index (χ1v) is 10.1. The van der Waals surface area contributed by atoms with Gasteiger partial charge in [0.2, 0.25) is 0 Å². The number of alkyl carbamates (subject to hydrolysis) is 1. The Bertz CT molecular complexity index is 908. The summed E-state index contributed by atoms with van der Waals surface area (Å²) >= 11 is 0. The molecule has 0 spiro atoms. The molecule has 0 fully saturated rings. The molecule has 0 bridgehead atoms. The Hall–Kier alpha value is -3.46. The number of benzene rings is 2. The molecule has 0 aliphatic heterocycles. The number of non-ortho nitro benzene ring substituents is 1. The number of hydrogen-bond acceptors (Lipinski definition) is 7. The van der Waals surface area contributed by atoms with E-state index in [2.05, 4.69) is 5.32 Å². The van der Waals surface area contributed by atoms with E-state index in [4.69, 9.17) is 14.2 Å². The highest BCUT2D eigenvalue weighted by molar-refractivity contribution is 5.82.